The summed E-state index contributed by atoms with van der Waals surface area (Å²) in [6.45, 7) is 3.85. The lowest BCUT2D eigenvalue weighted by Gasteiger charge is -2.12. The van der Waals surface area contributed by atoms with Gasteiger partial charge in [0.2, 0.25) is 0 Å². The summed E-state index contributed by atoms with van der Waals surface area (Å²) in [5.41, 5.74) is 2.24. The van der Waals surface area contributed by atoms with Gasteiger partial charge in [-0.25, -0.2) is 0 Å². The first-order valence-electron chi connectivity index (χ1n) is 12.3. The molecule has 0 spiro atoms. The molecule has 3 aromatic carbocycles. The van der Waals surface area contributed by atoms with E-state index in [0.29, 0.717) is 32.5 Å². The lowest BCUT2D eigenvalue weighted by Crippen LogP contribution is -2.29. The summed E-state index contributed by atoms with van der Waals surface area (Å²) in [7, 11) is 0. The fraction of sp³-hybridized carbons (Fsp3) is 0.379. The van der Waals surface area contributed by atoms with Gasteiger partial charge in [0.1, 0.15) is 37.1 Å². The second-order valence-electron chi connectivity index (χ2n) is 8.57. The molecule has 0 radical (unpaired) electrons. The van der Waals surface area contributed by atoms with E-state index in [1.165, 1.54) is 25.7 Å². The zero-order valence-electron chi connectivity index (χ0n) is 19.8. The van der Waals surface area contributed by atoms with Crippen LogP contribution in [-0.4, -0.2) is 32.4 Å². The topological polar surface area (TPSA) is 49.0 Å². The second kappa shape index (κ2) is 13.6. The molecule has 1 aliphatic carbocycles. The zero-order valence-corrected chi connectivity index (χ0v) is 19.8. The Morgan fingerprint density at radius 2 is 1.15 bits per heavy atom. The van der Waals surface area contributed by atoms with Gasteiger partial charge in [0.25, 0.3) is 0 Å². The van der Waals surface area contributed by atoms with Gasteiger partial charge in [-0.3, -0.25) is 0 Å². The first-order valence-corrected chi connectivity index (χ1v) is 12.3. The van der Waals surface area contributed by atoms with Gasteiger partial charge >= 0.3 is 0 Å². The molecule has 5 heteroatoms. The van der Waals surface area contributed by atoms with Crippen molar-refractivity contribution in [2.24, 2.45) is 0 Å². The zero-order chi connectivity index (χ0) is 23.3. The van der Waals surface area contributed by atoms with Crippen LogP contribution < -0.4 is 19.5 Å². The highest BCUT2D eigenvalue weighted by atomic mass is 16.5. The van der Waals surface area contributed by atoms with Crippen LogP contribution in [0.15, 0.2) is 78.9 Å². The van der Waals surface area contributed by atoms with Gasteiger partial charge in [0.05, 0.1) is 13.2 Å². The first-order chi connectivity index (χ1) is 16.8. The molecule has 34 heavy (non-hydrogen) atoms. The van der Waals surface area contributed by atoms with Gasteiger partial charge in [-0.2, -0.15) is 0 Å². The van der Waals surface area contributed by atoms with Crippen molar-refractivity contribution < 1.29 is 18.9 Å². The van der Waals surface area contributed by atoms with E-state index in [9.17, 15) is 0 Å². The Balaban J connectivity index is 1.08. The first kappa shape index (κ1) is 24.1. The summed E-state index contributed by atoms with van der Waals surface area (Å²) >= 11 is 0. The van der Waals surface area contributed by atoms with Crippen LogP contribution >= 0.6 is 0 Å². The maximum Gasteiger partial charge on any atom is 0.120 e. The van der Waals surface area contributed by atoms with E-state index in [1.807, 2.05) is 66.7 Å². The Kier molecular flexibility index (Phi) is 9.67. The Bertz CT molecular complexity index is 938. The van der Waals surface area contributed by atoms with Gasteiger partial charge in [-0.15, -0.1) is 0 Å². The van der Waals surface area contributed by atoms with Crippen molar-refractivity contribution in [3.63, 3.8) is 0 Å². The fourth-order valence-electron chi connectivity index (χ4n) is 4.01. The Labute approximate surface area is 203 Å². The van der Waals surface area contributed by atoms with E-state index in [-0.39, 0.29) is 0 Å². The van der Waals surface area contributed by atoms with E-state index in [1.54, 1.807) is 0 Å². The second-order valence-corrected chi connectivity index (χ2v) is 8.57. The highest BCUT2D eigenvalue weighted by Crippen LogP contribution is 2.20. The van der Waals surface area contributed by atoms with E-state index in [4.69, 9.17) is 18.9 Å². The molecule has 0 unspecified atom stereocenters. The maximum absolute atomic E-state index is 5.90. The average molecular weight is 462 g/mol. The highest BCUT2D eigenvalue weighted by molar-refractivity contribution is 5.32. The van der Waals surface area contributed by atoms with Gasteiger partial charge in [0.15, 0.2) is 0 Å². The number of rotatable bonds is 14. The molecule has 0 heterocycles. The number of ether oxygens (including phenoxy) is 4. The lowest BCUT2D eigenvalue weighted by molar-refractivity contribution is 0.100. The molecule has 1 fully saturated rings. The van der Waals surface area contributed by atoms with E-state index < -0.39 is 0 Å². The van der Waals surface area contributed by atoms with Crippen LogP contribution in [-0.2, 0) is 18.0 Å². The quantitative estimate of drug-likeness (QED) is 0.309. The van der Waals surface area contributed by atoms with Crippen molar-refractivity contribution in [2.45, 2.75) is 44.9 Å². The van der Waals surface area contributed by atoms with Gasteiger partial charge in [0, 0.05) is 12.6 Å². The molecule has 3 aromatic rings. The van der Waals surface area contributed by atoms with Crippen molar-refractivity contribution in [1.29, 1.82) is 0 Å². The molecule has 5 nitrogen and oxygen atoms in total. The molecule has 1 aliphatic rings. The fourth-order valence-corrected chi connectivity index (χ4v) is 4.01. The maximum atomic E-state index is 5.90. The highest BCUT2D eigenvalue weighted by Gasteiger charge is 2.13. The summed E-state index contributed by atoms with van der Waals surface area (Å²) < 4.78 is 23.1. The molecule has 180 valence electrons. The summed E-state index contributed by atoms with van der Waals surface area (Å²) in [4.78, 5) is 0. The molecule has 0 aromatic heterocycles. The van der Waals surface area contributed by atoms with E-state index >= 15 is 0 Å². The normalized spacial score (nSPS) is 13.6. The minimum Gasteiger partial charge on any atom is -0.491 e. The van der Waals surface area contributed by atoms with Crippen molar-refractivity contribution in [1.82, 2.24) is 5.32 Å². The summed E-state index contributed by atoms with van der Waals surface area (Å²) in [6.07, 6.45) is 5.32. The predicted octanol–water partition coefficient (Wildman–Crippen LogP) is 5.77. The van der Waals surface area contributed by atoms with Crippen LogP contribution in [0.1, 0.15) is 36.8 Å². The van der Waals surface area contributed by atoms with Crippen LogP contribution in [0.5, 0.6) is 17.2 Å². The molecule has 0 atom stereocenters. The average Bonchev–Trinajstić information content (AvgIpc) is 3.41. The lowest BCUT2D eigenvalue weighted by atomic mass is 10.2. The monoisotopic (exact) mass is 461 g/mol. The van der Waals surface area contributed by atoms with Crippen molar-refractivity contribution in [2.75, 3.05) is 26.4 Å². The van der Waals surface area contributed by atoms with Crippen LogP contribution in [0.2, 0.25) is 0 Å². The van der Waals surface area contributed by atoms with Gasteiger partial charge in [-0.1, -0.05) is 55.3 Å². The Hall–Kier alpha value is -3.02. The van der Waals surface area contributed by atoms with Crippen LogP contribution in [0.25, 0.3) is 0 Å². The number of benzene rings is 3. The molecule has 1 N–H and O–H groups in total. The molecule has 4 rings (SSSR count). The Morgan fingerprint density at radius 1 is 0.588 bits per heavy atom. The van der Waals surface area contributed by atoms with Crippen LogP contribution in [0.3, 0.4) is 0 Å². The largest absolute Gasteiger partial charge is 0.491 e. The third kappa shape index (κ3) is 8.40. The third-order valence-electron chi connectivity index (χ3n) is 5.93. The molecule has 0 bridgehead atoms. The van der Waals surface area contributed by atoms with Crippen molar-refractivity contribution >= 4 is 0 Å². The smallest absolute Gasteiger partial charge is 0.120 e. The predicted molar refractivity (Wildman–Crippen MR) is 135 cm³/mol. The molecule has 0 amide bonds. The summed E-state index contributed by atoms with van der Waals surface area (Å²) in [5.74, 6) is 2.48. The molecular formula is C29H35NO4. The van der Waals surface area contributed by atoms with Crippen LogP contribution in [0, 0.1) is 0 Å². The van der Waals surface area contributed by atoms with Gasteiger partial charge in [-0.05, 0) is 60.4 Å². The standard InChI is InChI=1S/C29H35NO4/c1-2-6-24(7-3-1)22-33-28-12-10-25(11-13-28)23-34-29-16-14-27(15-17-29)32-21-20-31-19-18-30-26-8-4-5-9-26/h1-3,6-7,10-17,26,30H,4-5,8-9,18-23H2. The third-order valence-corrected chi connectivity index (χ3v) is 5.93. The van der Waals surface area contributed by atoms with Crippen LogP contribution in [0.4, 0.5) is 0 Å². The molecule has 0 aliphatic heterocycles. The minimum absolute atomic E-state index is 0.502. The summed E-state index contributed by atoms with van der Waals surface area (Å²) in [6, 6.07) is 26.6. The number of hydrogen-bond donors (Lipinski definition) is 1. The molecule has 0 saturated heterocycles. The van der Waals surface area contributed by atoms with E-state index in [2.05, 4.69) is 17.4 Å². The molecular weight excluding hydrogens is 426 g/mol. The van der Waals surface area contributed by atoms with Gasteiger partial charge < -0.3 is 24.3 Å². The minimum atomic E-state index is 0.502. The Morgan fingerprint density at radius 3 is 1.79 bits per heavy atom. The molecule has 1 saturated carbocycles. The van der Waals surface area contributed by atoms with Crippen molar-refractivity contribution in [3.05, 3.63) is 90.0 Å². The SMILES string of the molecule is c1ccc(COc2ccc(COc3ccc(OCCOCCNC4CCCC4)cc3)cc2)cc1. The number of hydrogen-bond acceptors (Lipinski definition) is 5. The van der Waals surface area contributed by atoms with Crippen molar-refractivity contribution in [3.8, 4) is 17.2 Å². The summed E-state index contributed by atoms with van der Waals surface area (Å²) in [5, 5.41) is 3.55. The van der Waals surface area contributed by atoms with E-state index in [0.717, 1.165) is 41.5 Å². The number of nitrogens with one attached hydrogen (secondary N) is 1.